The van der Waals surface area contributed by atoms with Gasteiger partial charge in [-0.3, -0.25) is 9.59 Å². The van der Waals surface area contributed by atoms with Crippen LogP contribution in [0.5, 0.6) is 0 Å². The Balaban J connectivity index is 1.77. The molecule has 1 aliphatic rings. The van der Waals surface area contributed by atoms with Crippen LogP contribution in [0.25, 0.3) is 10.9 Å². The number of likely N-dealkylation sites (tertiary alicyclic amines) is 1. The first kappa shape index (κ1) is 14.6. The SMILES string of the molecule is Cc1cn(CC(=O)N2CCC[C@@H](C(=O)O)C2)c2ccccc12. The van der Waals surface area contributed by atoms with Gasteiger partial charge < -0.3 is 14.6 Å². The zero-order valence-electron chi connectivity index (χ0n) is 12.7. The highest BCUT2D eigenvalue weighted by atomic mass is 16.4. The van der Waals surface area contributed by atoms with Crippen molar-refractivity contribution in [2.75, 3.05) is 13.1 Å². The number of aliphatic carboxylic acids is 1. The number of fused-ring (bicyclic) bond motifs is 1. The van der Waals surface area contributed by atoms with E-state index in [4.69, 9.17) is 5.11 Å². The third-order valence-corrected chi connectivity index (χ3v) is 4.42. The Hall–Kier alpha value is -2.30. The van der Waals surface area contributed by atoms with Gasteiger partial charge in [0, 0.05) is 30.2 Å². The molecule has 0 aliphatic carbocycles. The number of carboxylic acids is 1. The highest BCUT2D eigenvalue weighted by Crippen LogP contribution is 2.21. The third kappa shape index (κ3) is 2.71. The summed E-state index contributed by atoms with van der Waals surface area (Å²) in [4.78, 5) is 25.3. The largest absolute Gasteiger partial charge is 0.481 e. The van der Waals surface area contributed by atoms with Crippen molar-refractivity contribution in [2.24, 2.45) is 5.92 Å². The lowest BCUT2D eigenvalue weighted by molar-refractivity contribution is -0.145. The Kier molecular flexibility index (Phi) is 3.88. The van der Waals surface area contributed by atoms with Gasteiger partial charge in [-0.2, -0.15) is 0 Å². The summed E-state index contributed by atoms with van der Waals surface area (Å²) in [5.41, 5.74) is 2.19. The van der Waals surface area contributed by atoms with Crippen molar-refractivity contribution in [1.29, 1.82) is 0 Å². The lowest BCUT2D eigenvalue weighted by Crippen LogP contribution is -2.43. The fourth-order valence-corrected chi connectivity index (χ4v) is 3.21. The second-order valence-corrected chi connectivity index (χ2v) is 5.97. The number of amides is 1. The molecule has 0 saturated carbocycles. The van der Waals surface area contributed by atoms with Crippen LogP contribution in [0.4, 0.5) is 0 Å². The summed E-state index contributed by atoms with van der Waals surface area (Å²) in [6.45, 7) is 3.28. The average molecular weight is 300 g/mol. The number of hydrogen-bond acceptors (Lipinski definition) is 2. The number of rotatable bonds is 3. The number of benzene rings is 1. The number of carbonyl (C=O) groups excluding carboxylic acids is 1. The van der Waals surface area contributed by atoms with E-state index in [0.717, 1.165) is 22.9 Å². The lowest BCUT2D eigenvalue weighted by Gasteiger charge is -2.30. The molecule has 0 spiro atoms. The fourth-order valence-electron chi connectivity index (χ4n) is 3.21. The van der Waals surface area contributed by atoms with Crippen LogP contribution in [-0.2, 0) is 16.1 Å². The van der Waals surface area contributed by atoms with Gasteiger partial charge in [-0.05, 0) is 31.4 Å². The molecule has 0 radical (unpaired) electrons. The summed E-state index contributed by atoms with van der Waals surface area (Å²) < 4.78 is 1.96. The van der Waals surface area contributed by atoms with Crippen LogP contribution in [0.15, 0.2) is 30.5 Å². The van der Waals surface area contributed by atoms with Crippen LogP contribution in [0, 0.1) is 12.8 Å². The van der Waals surface area contributed by atoms with Crippen molar-refractivity contribution in [3.63, 3.8) is 0 Å². The standard InChI is InChI=1S/C17H20N2O3/c1-12-9-19(15-7-3-2-6-14(12)15)11-16(20)18-8-4-5-13(10-18)17(21)22/h2-3,6-7,9,13H,4-5,8,10-11H2,1H3,(H,21,22)/t13-/m1/s1. The monoisotopic (exact) mass is 300 g/mol. The van der Waals surface area contributed by atoms with Crippen molar-refractivity contribution < 1.29 is 14.7 Å². The van der Waals surface area contributed by atoms with Crippen LogP contribution < -0.4 is 0 Å². The molecule has 0 unspecified atom stereocenters. The van der Waals surface area contributed by atoms with Gasteiger partial charge in [0.15, 0.2) is 0 Å². The van der Waals surface area contributed by atoms with E-state index in [9.17, 15) is 9.59 Å². The smallest absolute Gasteiger partial charge is 0.308 e. The first-order chi connectivity index (χ1) is 10.6. The maximum Gasteiger partial charge on any atom is 0.308 e. The number of aromatic nitrogens is 1. The second kappa shape index (κ2) is 5.83. The number of piperidine rings is 1. The normalized spacial score (nSPS) is 18.6. The first-order valence-corrected chi connectivity index (χ1v) is 7.61. The zero-order valence-corrected chi connectivity index (χ0v) is 12.7. The predicted octanol–water partition coefficient (Wildman–Crippen LogP) is 2.27. The number of carbonyl (C=O) groups is 2. The minimum Gasteiger partial charge on any atom is -0.481 e. The van der Waals surface area contributed by atoms with Crippen LogP contribution >= 0.6 is 0 Å². The van der Waals surface area contributed by atoms with Crippen molar-refractivity contribution >= 4 is 22.8 Å². The number of hydrogen-bond donors (Lipinski definition) is 1. The summed E-state index contributed by atoms with van der Waals surface area (Å²) in [7, 11) is 0. The van der Waals surface area contributed by atoms with Gasteiger partial charge >= 0.3 is 5.97 Å². The average Bonchev–Trinajstić information content (AvgIpc) is 2.84. The molecule has 1 atom stereocenters. The summed E-state index contributed by atoms with van der Waals surface area (Å²) in [6, 6.07) is 8.01. The first-order valence-electron chi connectivity index (χ1n) is 7.61. The number of carboxylic acid groups (broad SMARTS) is 1. The maximum absolute atomic E-state index is 12.5. The summed E-state index contributed by atoms with van der Waals surface area (Å²) in [5, 5.41) is 10.3. The molecule has 22 heavy (non-hydrogen) atoms. The zero-order chi connectivity index (χ0) is 15.7. The highest BCUT2D eigenvalue weighted by Gasteiger charge is 2.28. The molecule has 1 aromatic heterocycles. The molecule has 1 N–H and O–H groups in total. The van der Waals surface area contributed by atoms with Gasteiger partial charge in [-0.1, -0.05) is 18.2 Å². The van der Waals surface area contributed by atoms with Gasteiger partial charge in [-0.25, -0.2) is 0 Å². The summed E-state index contributed by atoms with van der Waals surface area (Å²) in [5.74, 6) is -1.24. The molecule has 3 rings (SSSR count). The van der Waals surface area contributed by atoms with Crippen molar-refractivity contribution in [3.8, 4) is 0 Å². The molecule has 1 fully saturated rings. The van der Waals surface area contributed by atoms with Crippen LogP contribution in [0.2, 0.25) is 0 Å². The second-order valence-electron chi connectivity index (χ2n) is 5.97. The lowest BCUT2D eigenvalue weighted by atomic mass is 9.98. The minimum absolute atomic E-state index is 0.00768. The fraction of sp³-hybridized carbons (Fsp3) is 0.412. The molecular weight excluding hydrogens is 280 g/mol. The van der Waals surface area contributed by atoms with E-state index in [1.807, 2.05) is 42.0 Å². The van der Waals surface area contributed by atoms with Crippen LogP contribution in [0.1, 0.15) is 18.4 Å². The van der Waals surface area contributed by atoms with Crippen LogP contribution in [0.3, 0.4) is 0 Å². The van der Waals surface area contributed by atoms with E-state index < -0.39 is 11.9 Å². The molecule has 5 heteroatoms. The number of para-hydroxylation sites is 1. The molecule has 2 aromatic rings. The van der Waals surface area contributed by atoms with E-state index >= 15 is 0 Å². The molecule has 1 aromatic carbocycles. The Bertz CT molecular complexity index is 720. The van der Waals surface area contributed by atoms with Crippen molar-refractivity contribution in [2.45, 2.75) is 26.3 Å². The summed E-state index contributed by atoms with van der Waals surface area (Å²) >= 11 is 0. The molecular formula is C17H20N2O3. The Labute approximate surface area is 129 Å². The molecule has 116 valence electrons. The maximum atomic E-state index is 12.5. The van der Waals surface area contributed by atoms with Gasteiger partial charge in [0.05, 0.1) is 5.92 Å². The van der Waals surface area contributed by atoms with Gasteiger partial charge in [0.1, 0.15) is 6.54 Å². The van der Waals surface area contributed by atoms with E-state index in [1.165, 1.54) is 0 Å². The third-order valence-electron chi connectivity index (χ3n) is 4.42. The Morgan fingerprint density at radius 1 is 1.32 bits per heavy atom. The molecule has 0 bridgehead atoms. The molecule has 2 heterocycles. The topological polar surface area (TPSA) is 62.5 Å². The van der Waals surface area contributed by atoms with Gasteiger partial charge in [0.25, 0.3) is 0 Å². The van der Waals surface area contributed by atoms with E-state index in [-0.39, 0.29) is 12.5 Å². The molecule has 1 amide bonds. The predicted molar refractivity (Wildman–Crippen MR) is 83.6 cm³/mol. The van der Waals surface area contributed by atoms with E-state index in [2.05, 4.69) is 0 Å². The highest BCUT2D eigenvalue weighted by molar-refractivity contribution is 5.86. The number of aryl methyl sites for hydroxylation is 1. The number of nitrogens with zero attached hydrogens (tertiary/aromatic N) is 2. The quantitative estimate of drug-likeness (QED) is 0.946. The summed E-state index contributed by atoms with van der Waals surface area (Å²) in [6.07, 6.45) is 3.40. The molecule has 1 aliphatic heterocycles. The van der Waals surface area contributed by atoms with E-state index in [0.29, 0.717) is 19.5 Å². The molecule has 1 saturated heterocycles. The Morgan fingerprint density at radius 2 is 2.09 bits per heavy atom. The Morgan fingerprint density at radius 3 is 2.86 bits per heavy atom. The van der Waals surface area contributed by atoms with Crippen molar-refractivity contribution in [1.82, 2.24) is 9.47 Å². The van der Waals surface area contributed by atoms with Crippen LogP contribution in [-0.4, -0.2) is 39.5 Å². The van der Waals surface area contributed by atoms with Gasteiger partial charge in [0.2, 0.25) is 5.91 Å². The van der Waals surface area contributed by atoms with Crippen molar-refractivity contribution in [3.05, 3.63) is 36.0 Å². The van der Waals surface area contributed by atoms with E-state index in [1.54, 1.807) is 4.90 Å². The minimum atomic E-state index is -0.806. The van der Waals surface area contributed by atoms with Gasteiger partial charge in [-0.15, -0.1) is 0 Å². The molecule has 5 nitrogen and oxygen atoms in total.